The molecule has 2 aromatic carbocycles. The molecule has 0 aliphatic carbocycles. The number of nitrogens with two attached hydrogens (primary N) is 1. The van der Waals surface area contributed by atoms with Gasteiger partial charge in [-0.05, 0) is 29.7 Å². The fourth-order valence-corrected chi connectivity index (χ4v) is 2.80. The minimum absolute atomic E-state index is 0.323. The molecular weight excluding hydrogens is 333 g/mol. The summed E-state index contributed by atoms with van der Waals surface area (Å²) >= 11 is 3.36. The Labute approximate surface area is 130 Å². The Morgan fingerprint density at radius 3 is 2.76 bits per heavy atom. The zero-order valence-corrected chi connectivity index (χ0v) is 12.6. The molecule has 0 fully saturated rings. The molecule has 0 saturated carbocycles. The molecular formula is C16H13BrFN3. The SMILES string of the molecule is NNC(c1cc(Br)ccc1F)c1nccc2ccccc12. The molecule has 0 bridgehead atoms. The van der Waals surface area contributed by atoms with E-state index in [4.69, 9.17) is 5.84 Å². The van der Waals surface area contributed by atoms with Crippen molar-refractivity contribution in [3.63, 3.8) is 0 Å². The zero-order valence-electron chi connectivity index (χ0n) is 11.1. The van der Waals surface area contributed by atoms with Gasteiger partial charge in [0.2, 0.25) is 0 Å². The zero-order chi connectivity index (χ0) is 14.8. The molecule has 1 aromatic heterocycles. The van der Waals surface area contributed by atoms with Crippen LogP contribution in [-0.4, -0.2) is 4.98 Å². The summed E-state index contributed by atoms with van der Waals surface area (Å²) in [6.45, 7) is 0. The maximum Gasteiger partial charge on any atom is 0.128 e. The number of hydrogen-bond donors (Lipinski definition) is 2. The Balaban J connectivity index is 2.21. The lowest BCUT2D eigenvalue weighted by molar-refractivity contribution is 0.555. The van der Waals surface area contributed by atoms with Crippen LogP contribution < -0.4 is 11.3 Å². The maximum absolute atomic E-state index is 14.1. The van der Waals surface area contributed by atoms with Crippen LogP contribution in [0.25, 0.3) is 10.8 Å². The van der Waals surface area contributed by atoms with Crippen LogP contribution in [-0.2, 0) is 0 Å². The molecule has 106 valence electrons. The summed E-state index contributed by atoms with van der Waals surface area (Å²) in [6.07, 6.45) is 1.71. The number of benzene rings is 2. The van der Waals surface area contributed by atoms with E-state index in [2.05, 4.69) is 26.3 Å². The van der Waals surface area contributed by atoms with E-state index in [1.807, 2.05) is 30.3 Å². The van der Waals surface area contributed by atoms with Crippen LogP contribution in [0.5, 0.6) is 0 Å². The molecule has 5 heteroatoms. The van der Waals surface area contributed by atoms with Crippen molar-refractivity contribution in [2.45, 2.75) is 6.04 Å². The Hall–Kier alpha value is -1.82. The van der Waals surface area contributed by atoms with Gasteiger partial charge in [0.1, 0.15) is 5.82 Å². The molecule has 1 unspecified atom stereocenters. The normalized spacial score (nSPS) is 12.5. The number of pyridine rings is 1. The van der Waals surface area contributed by atoms with Crippen molar-refractivity contribution in [2.24, 2.45) is 5.84 Å². The van der Waals surface area contributed by atoms with Crippen molar-refractivity contribution >= 4 is 26.7 Å². The smallest absolute Gasteiger partial charge is 0.128 e. The second-order valence-corrected chi connectivity index (χ2v) is 5.60. The molecule has 3 nitrogen and oxygen atoms in total. The van der Waals surface area contributed by atoms with E-state index in [1.54, 1.807) is 18.3 Å². The van der Waals surface area contributed by atoms with E-state index in [9.17, 15) is 4.39 Å². The van der Waals surface area contributed by atoms with E-state index in [0.29, 0.717) is 11.3 Å². The highest BCUT2D eigenvalue weighted by Crippen LogP contribution is 2.29. The summed E-state index contributed by atoms with van der Waals surface area (Å²) in [5.41, 5.74) is 3.83. The molecule has 0 aliphatic rings. The van der Waals surface area contributed by atoms with Gasteiger partial charge in [-0.15, -0.1) is 0 Å². The molecule has 3 N–H and O–H groups in total. The molecule has 21 heavy (non-hydrogen) atoms. The third kappa shape index (κ3) is 2.68. The first-order valence-corrected chi connectivity index (χ1v) is 7.24. The average molecular weight is 346 g/mol. The summed E-state index contributed by atoms with van der Waals surface area (Å²) < 4.78 is 14.9. The van der Waals surface area contributed by atoms with Crippen LogP contribution in [0.2, 0.25) is 0 Å². The van der Waals surface area contributed by atoms with Gasteiger partial charge in [-0.2, -0.15) is 0 Å². The van der Waals surface area contributed by atoms with E-state index in [0.717, 1.165) is 15.2 Å². The van der Waals surface area contributed by atoms with Crippen molar-refractivity contribution in [3.8, 4) is 0 Å². The largest absolute Gasteiger partial charge is 0.271 e. The maximum atomic E-state index is 14.1. The van der Waals surface area contributed by atoms with Crippen molar-refractivity contribution in [1.29, 1.82) is 0 Å². The van der Waals surface area contributed by atoms with E-state index in [-0.39, 0.29) is 5.82 Å². The summed E-state index contributed by atoms with van der Waals surface area (Å²) in [6, 6.07) is 14.0. The highest BCUT2D eigenvalue weighted by molar-refractivity contribution is 9.10. The molecule has 0 spiro atoms. The first-order chi connectivity index (χ1) is 10.2. The number of nitrogens with one attached hydrogen (secondary N) is 1. The Kier molecular flexibility index (Phi) is 3.96. The van der Waals surface area contributed by atoms with Crippen LogP contribution in [0.3, 0.4) is 0 Å². The predicted octanol–water partition coefficient (Wildman–Crippen LogP) is 3.69. The quantitative estimate of drug-likeness (QED) is 0.562. The lowest BCUT2D eigenvalue weighted by Crippen LogP contribution is -2.30. The molecule has 0 saturated heterocycles. The van der Waals surface area contributed by atoms with Gasteiger partial charge in [-0.25, -0.2) is 9.82 Å². The standard InChI is InChI=1S/C16H13BrFN3/c17-11-5-6-14(18)13(9-11)16(21-19)15-12-4-2-1-3-10(12)7-8-20-15/h1-9,16,21H,19H2. The van der Waals surface area contributed by atoms with Crippen LogP contribution in [0.1, 0.15) is 17.3 Å². The number of rotatable bonds is 3. The highest BCUT2D eigenvalue weighted by Gasteiger charge is 2.20. The second-order valence-electron chi connectivity index (χ2n) is 4.68. The van der Waals surface area contributed by atoms with Gasteiger partial charge in [0.15, 0.2) is 0 Å². The molecule has 1 atom stereocenters. The summed E-state index contributed by atoms with van der Waals surface area (Å²) in [5.74, 6) is 5.35. The first-order valence-electron chi connectivity index (χ1n) is 6.45. The second kappa shape index (κ2) is 5.89. The van der Waals surface area contributed by atoms with Crippen molar-refractivity contribution in [3.05, 3.63) is 76.3 Å². The van der Waals surface area contributed by atoms with Crippen molar-refractivity contribution < 1.29 is 4.39 Å². The number of hydrazine groups is 1. The van der Waals surface area contributed by atoms with Gasteiger partial charge in [0, 0.05) is 21.6 Å². The number of nitrogens with zero attached hydrogens (tertiary/aromatic N) is 1. The third-order valence-corrected chi connectivity index (χ3v) is 3.91. The number of fused-ring (bicyclic) bond motifs is 1. The van der Waals surface area contributed by atoms with E-state index >= 15 is 0 Å². The minimum atomic E-state index is -0.520. The lowest BCUT2D eigenvalue weighted by Gasteiger charge is -2.18. The fourth-order valence-electron chi connectivity index (χ4n) is 2.42. The monoisotopic (exact) mass is 345 g/mol. The van der Waals surface area contributed by atoms with E-state index in [1.165, 1.54) is 6.07 Å². The molecule has 1 heterocycles. The van der Waals surface area contributed by atoms with Crippen LogP contribution in [0.4, 0.5) is 4.39 Å². The van der Waals surface area contributed by atoms with Crippen LogP contribution in [0.15, 0.2) is 59.2 Å². The molecule has 3 rings (SSSR count). The summed E-state index contributed by atoms with van der Waals surface area (Å²) in [5, 5.41) is 1.99. The molecule has 3 aromatic rings. The van der Waals surface area contributed by atoms with Gasteiger partial charge >= 0.3 is 0 Å². The van der Waals surface area contributed by atoms with Gasteiger partial charge in [-0.1, -0.05) is 40.2 Å². The van der Waals surface area contributed by atoms with Crippen molar-refractivity contribution in [1.82, 2.24) is 10.4 Å². The Morgan fingerprint density at radius 1 is 1.14 bits per heavy atom. The molecule has 0 aliphatic heterocycles. The van der Waals surface area contributed by atoms with Gasteiger partial charge in [0.25, 0.3) is 0 Å². The van der Waals surface area contributed by atoms with Crippen LogP contribution in [0, 0.1) is 5.82 Å². The lowest BCUT2D eigenvalue weighted by atomic mass is 9.99. The highest BCUT2D eigenvalue weighted by atomic mass is 79.9. The Bertz CT molecular complexity index is 786. The van der Waals surface area contributed by atoms with Gasteiger partial charge < -0.3 is 0 Å². The van der Waals surface area contributed by atoms with Gasteiger partial charge in [0.05, 0.1) is 11.7 Å². The van der Waals surface area contributed by atoms with E-state index < -0.39 is 6.04 Å². The Morgan fingerprint density at radius 2 is 1.95 bits per heavy atom. The summed E-state index contributed by atoms with van der Waals surface area (Å²) in [7, 11) is 0. The number of halogens is 2. The topological polar surface area (TPSA) is 50.9 Å². The number of aromatic nitrogens is 1. The number of hydrogen-bond acceptors (Lipinski definition) is 3. The fraction of sp³-hybridized carbons (Fsp3) is 0.0625. The molecule has 0 radical (unpaired) electrons. The minimum Gasteiger partial charge on any atom is -0.271 e. The van der Waals surface area contributed by atoms with Crippen molar-refractivity contribution in [2.75, 3.05) is 0 Å². The third-order valence-electron chi connectivity index (χ3n) is 3.41. The molecule has 0 amide bonds. The van der Waals surface area contributed by atoms with Gasteiger partial charge in [-0.3, -0.25) is 10.8 Å². The predicted molar refractivity (Wildman–Crippen MR) is 85.0 cm³/mol. The first kappa shape index (κ1) is 14.1. The summed E-state index contributed by atoms with van der Waals surface area (Å²) in [4.78, 5) is 4.40. The van der Waals surface area contributed by atoms with Crippen LogP contribution >= 0.6 is 15.9 Å². The average Bonchev–Trinajstić information content (AvgIpc) is 2.51.